The van der Waals surface area contributed by atoms with Gasteiger partial charge in [-0.2, -0.15) is 0 Å². The molecule has 206 valence electrons. The highest BCUT2D eigenvalue weighted by Crippen LogP contribution is 2.35. The van der Waals surface area contributed by atoms with Crippen molar-refractivity contribution in [2.24, 2.45) is 0 Å². The van der Waals surface area contributed by atoms with Gasteiger partial charge < -0.3 is 14.8 Å². The number of amides is 3. The van der Waals surface area contributed by atoms with Crippen LogP contribution in [0.2, 0.25) is 0 Å². The lowest BCUT2D eigenvalue weighted by Gasteiger charge is -2.13. The number of benzene rings is 3. The van der Waals surface area contributed by atoms with Crippen molar-refractivity contribution in [2.75, 3.05) is 18.5 Å². The van der Waals surface area contributed by atoms with Crippen molar-refractivity contribution in [2.45, 2.75) is 27.4 Å². The molecule has 0 aliphatic carbocycles. The lowest BCUT2D eigenvalue weighted by Crippen LogP contribution is -2.36. The molecule has 1 N–H and O–H groups in total. The van der Waals surface area contributed by atoms with E-state index in [1.165, 1.54) is 12.1 Å². The minimum absolute atomic E-state index is 0.00509. The molecule has 3 aromatic carbocycles. The molecule has 11 heteroatoms. The van der Waals surface area contributed by atoms with E-state index in [0.29, 0.717) is 29.4 Å². The highest BCUT2D eigenvalue weighted by atomic mass is 32.2. The van der Waals surface area contributed by atoms with Gasteiger partial charge in [-0.15, -0.1) is 0 Å². The Morgan fingerprint density at radius 2 is 1.75 bits per heavy atom. The van der Waals surface area contributed by atoms with E-state index in [0.717, 1.165) is 33.4 Å². The summed E-state index contributed by atoms with van der Waals surface area (Å²) in [6, 6.07) is 16.6. The summed E-state index contributed by atoms with van der Waals surface area (Å²) in [6.45, 7) is 5.86. The topological polar surface area (TPSA) is 128 Å². The number of non-ortho nitro benzene ring substituents is 1. The number of carbonyl (C=O) groups is 3. The maximum Gasteiger partial charge on any atom is 0.294 e. The van der Waals surface area contributed by atoms with E-state index in [1.807, 2.05) is 32.9 Å². The molecule has 1 saturated heterocycles. The van der Waals surface area contributed by atoms with E-state index in [4.69, 9.17) is 9.47 Å². The maximum atomic E-state index is 12.9. The molecular weight excluding hydrogens is 534 g/mol. The number of nitro groups is 1. The van der Waals surface area contributed by atoms with Gasteiger partial charge in [-0.25, -0.2) is 0 Å². The number of nitrogens with zero attached hydrogens (tertiary/aromatic N) is 2. The summed E-state index contributed by atoms with van der Waals surface area (Å²) in [7, 11) is 0. The molecule has 1 fully saturated rings. The Balaban J connectivity index is 1.43. The largest absolute Gasteiger partial charge is 0.490 e. The van der Waals surface area contributed by atoms with Crippen molar-refractivity contribution < 1.29 is 28.8 Å². The summed E-state index contributed by atoms with van der Waals surface area (Å²) in [6.07, 6.45) is 1.56. The highest BCUT2D eigenvalue weighted by molar-refractivity contribution is 8.18. The van der Waals surface area contributed by atoms with Crippen LogP contribution in [-0.4, -0.2) is 40.0 Å². The first-order valence-corrected chi connectivity index (χ1v) is 13.2. The zero-order chi connectivity index (χ0) is 28.8. The van der Waals surface area contributed by atoms with Crippen LogP contribution in [0.3, 0.4) is 0 Å². The molecule has 4 rings (SSSR count). The second-order valence-electron chi connectivity index (χ2n) is 8.97. The number of rotatable bonds is 10. The van der Waals surface area contributed by atoms with Crippen LogP contribution in [0.25, 0.3) is 6.08 Å². The molecule has 0 spiro atoms. The third-order valence-corrected chi connectivity index (χ3v) is 6.98. The van der Waals surface area contributed by atoms with E-state index >= 15 is 0 Å². The van der Waals surface area contributed by atoms with Gasteiger partial charge in [0.25, 0.3) is 16.8 Å². The van der Waals surface area contributed by atoms with Crippen LogP contribution in [0, 0.1) is 24.0 Å². The normalized spacial score (nSPS) is 14.0. The van der Waals surface area contributed by atoms with Gasteiger partial charge in [0.15, 0.2) is 11.5 Å². The molecule has 10 nitrogen and oxygen atoms in total. The number of imide groups is 1. The summed E-state index contributed by atoms with van der Waals surface area (Å²) in [5.74, 6) is -0.139. The minimum Gasteiger partial charge on any atom is -0.490 e. The van der Waals surface area contributed by atoms with Crippen LogP contribution in [0.5, 0.6) is 11.5 Å². The molecule has 3 aromatic rings. The zero-order valence-corrected chi connectivity index (χ0v) is 22.9. The average molecular weight is 562 g/mol. The van der Waals surface area contributed by atoms with Crippen LogP contribution in [-0.2, 0) is 16.2 Å². The number of nitrogens with one attached hydrogen (secondary N) is 1. The Morgan fingerprint density at radius 1 is 1.00 bits per heavy atom. The number of nitro benzene ring substituents is 1. The monoisotopic (exact) mass is 561 g/mol. The Hall–Kier alpha value is -4.64. The van der Waals surface area contributed by atoms with Crippen molar-refractivity contribution in [1.29, 1.82) is 0 Å². The van der Waals surface area contributed by atoms with Gasteiger partial charge in [-0.3, -0.25) is 29.4 Å². The molecule has 0 bridgehead atoms. The van der Waals surface area contributed by atoms with Gasteiger partial charge >= 0.3 is 0 Å². The fourth-order valence-corrected chi connectivity index (χ4v) is 4.67. The Kier molecular flexibility index (Phi) is 8.85. The maximum absolute atomic E-state index is 12.9. The fourth-order valence-electron chi connectivity index (χ4n) is 3.83. The first-order valence-electron chi connectivity index (χ1n) is 12.4. The van der Waals surface area contributed by atoms with Crippen molar-refractivity contribution in [3.8, 4) is 11.5 Å². The van der Waals surface area contributed by atoms with E-state index in [9.17, 15) is 24.5 Å². The summed E-state index contributed by atoms with van der Waals surface area (Å²) in [5, 5.41) is 13.0. The molecule has 1 aliphatic heterocycles. The van der Waals surface area contributed by atoms with E-state index < -0.39 is 28.5 Å². The zero-order valence-electron chi connectivity index (χ0n) is 22.1. The van der Waals surface area contributed by atoms with Crippen molar-refractivity contribution >= 4 is 46.3 Å². The van der Waals surface area contributed by atoms with Gasteiger partial charge in [0.2, 0.25) is 5.91 Å². The number of ether oxygens (including phenoxy) is 2. The fraction of sp³-hybridized carbons (Fsp3) is 0.207. The van der Waals surface area contributed by atoms with Crippen LogP contribution in [0.1, 0.15) is 29.2 Å². The van der Waals surface area contributed by atoms with Crippen LogP contribution < -0.4 is 14.8 Å². The van der Waals surface area contributed by atoms with Gasteiger partial charge in [0.1, 0.15) is 13.2 Å². The molecule has 0 unspecified atom stereocenters. The number of hydrogen-bond donors (Lipinski definition) is 1. The summed E-state index contributed by atoms with van der Waals surface area (Å²) < 4.78 is 11.6. The standard InChI is InChI=1S/C29H27N3O7S/c1-4-38-25-14-21(8-12-24(25)39-17-20-6-10-23(11-7-20)32(36)37)15-26-28(34)31(29(35)40-26)16-27(33)30-22-9-5-18(2)19(3)13-22/h5-15H,4,16-17H2,1-3H3,(H,30,33)/b26-15+. The predicted octanol–water partition coefficient (Wildman–Crippen LogP) is 5.86. The summed E-state index contributed by atoms with van der Waals surface area (Å²) in [4.78, 5) is 49.5. The minimum atomic E-state index is -0.554. The van der Waals surface area contributed by atoms with Crippen molar-refractivity contribution in [1.82, 2.24) is 4.90 Å². The first kappa shape index (κ1) is 28.4. The van der Waals surface area contributed by atoms with Gasteiger partial charge in [-0.05, 0) is 97.3 Å². The van der Waals surface area contributed by atoms with Crippen LogP contribution in [0.4, 0.5) is 16.2 Å². The lowest BCUT2D eigenvalue weighted by molar-refractivity contribution is -0.384. The molecule has 3 amide bonds. The molecule has 0 saturated carbocycles. The number of carbonyl (C=O) groups excluding carboxylic acids is 3. The molecule has 0 radical (unpaired) electrons. The molecule has 40 heavy (non-hydrogen) atoms. The van der Waals surface area contributed by atoms with Gasteiger partial charge in [0.05, 0.1) is 16.4 Å². The van der Waals surface area contributed by atoms with Crippen LogP contribution >= 0.6 is 11.8 Å². The molecule has 0 atom stereocenters. The molecule has 1 heterocycles. The highest BCUT2D eigenvalue weighted by Gasteiger charge is 2.36. The van der Waals surface area contributed by atoms with Crippen molar-refractivity contribution in [3.63, 3.8) is 0 Å². The SMILES string of the molecule is CCOc1cc(/C=C2/SC(=O)N(CC(=O)Nc3ccc(C)c(C)c3)C2=O)ccc1OCc1ccc([N+](=O)[O-])cc1. The van der Waals surface area contributed by atoms with Gasteiger partial charge in [-0.1, -0.05) is 12.1 Å². The number of hydrogen-bond acceptors (Lipinski definition) is 8. The quantitative estimate of drug-likeness (QED) is 0.185. The van der Waals surface area contributed by atoms with E-state index in [-0.39, 0.29) is 17.2 Å². The second kappa shape index (κ2) is 12.5. The van der Waals surface area contributed by atoms with Crippen LogP contribution in [0.15, 0.2) is 65.6 Å². The average Bonchev–Trinajstić information content (AvgIpc) is 3.18. The first-order chi connectivity index (χ1) is 19.1. The molecular formula is C29H27N3O7S. The van der Waals surface area contributed by atoms with Crippen molar-refractivity contribution in [3.05, 3.63) is 97.9 Å². The Morgan fingerprint density at radius 3 is 2.42 bits per heavy atom. The number of anilines is 1. The predicted molar refractivity (Wildman–Crippen MR) is 152 cm³/mol. The smallest absolute Gasteiger partial charge is 0.294 e. The third-order valence-electron chi connectivity index (χ3n) is 6.07. The lowest BCUT2D eigenvalue weighted by atomic mass is 10.1. The van der Waals surface area contributed by atoms with E-state index in [2.05, 4.69) is 5.32 Å². The van der Waals surface area contributed by atoms with Gasteiger partial charge in [0, 0.05) is 17.8 Å². The molecule has 0 aromatic heterocycles. The van der Waals surface area contributed by atoms with E-state index in [1.54, 1.807) is 42.5 Å². The summed E-state index contributed by atoms with van der Waals surface area (Å²) in [5.41, 5.74) is 4.04. The molecule has 1 aliphatic rings. The Bertz CT molecular complexity index is 1500. The number of thioether (sulfide) groups is 1. The summed E-state index contributed by atoms with van der Waals surface area (Å²) >= 11 is 0.762. The number of aryl methyl sites for hydroxylation is 2. The second-order valence-corrected chi connectivity index (χ2v) is 9.96. The third kappa shape index (κ3) is 6.86. The Labute approximate surface area is 235 Å².